The van der Waals surface area contributed by atoms with Crippen LogP contribution in [0.15, 0.2) is 6.20 Å². The zero-order valence-electron chi connectivity index (χ0n) is 9.08. The van der Waals surface area contributed by atoms with E-state index in [2.05, 4.69) is 27.2 Å². The van der Waals surface area contributed by atoms with Gasteiger partial charge >= 0.3 is 0 Å². The second-order valence-corrected chi connectivity index (χ2v) is 4.80. The molecule has 0 aliphatic carbocycles. The molecule has 0 amide bonds. The molecule has 1 aromatic heterocycles. The van der Waals surface area contributed by atoms with Crippen molar-refractivity contribution in [3.63, 3.8) is 0 Å². The Morgan fingerprint density at radius 1 is 1.38 bits per heavy atom. The molecule has 2 heterocycles. The van der Waals surface area contributed by atoms with Crippen molar-refractivity contribution in [2.45, 2.75) is 18.9 Å². The highest BCUT2D eigenvalue weighted by Gasteiger charge is 2.17. The van der Waals surface area contributed by atoms with Gasteiger partial charge in [0.1, 0.15) is 10.8 Å². The molecule has 1 fully saturated rings. The van der Waals surface area contributed by atoms with E-state index in [0.717, 1.165) is 25.9 Å². The second kappa shape index (κ2) is 5.17. The zero-order valence-corrected chi connectivity index (χ0v) is 10.6. The van der Waals surface area contributed by atoms with Gasteiger partial charge in [0.15, 0.2) is 0 Å². The number of nitrogens with zero attached hydrogens (tertiary/aromatic N) is 3. The molecule has 0 saturated carbocycles. The number of nitrogens with one attached hydrogen (secondary N) is 1. The summed E-state index contributed by atoms with van der Waals surface area (Å²) in [5.74, 6) is 0.635. The maximum Gasteiger partial charge on any atom is 0.224 e. The molecule has 1 saturated heterocycles. The summed E-state index contributed by atoms with van der Waals surface area (Å²) < 4.78 is 0. The lowest BCUT2D eigenvalue weighted by molar-refractivity contribution is 0.263. The van der Waals surface area contributed by atoms with Gasteiger partial charge in [0.05, 0.1) is 6.20 Å². The summed E-state index contributed by atoms with van der Waals surface area (Å²) in [6, 6.07) is 0.416. The molecule has 0 radical (unpaired) electrons. The number of piperidine rings is 1. The molecule has 2 rings (SSSR count). The van der Waals surface area contributed by atoms with E-state index in [1.54, 1.807) is 0 Å². The third-order valence-electron chi connectivity index (χ3n) is 2.77. The summed E-state index contributed by atoms with van der Waals surface area (Å²) >= 11 is 11.7. The minimum Gasteiger partial charge on any atom is -0.366 e. The number of anilines is 1. The Kier molecular flexibility index (Phi) is 3.84. The average Bonchev–Trinajstić information content (AvgIpc) is 2.27. The number of halogens is 2. The number of hydrogen-bond acceptors (Lipinski definition) is 4. The number of aromatic nitrogens is 2. The molecule has 1 aromatic rings. The van der Waals surface area contributed by atoms with E-state index in [4.69, 9.17) is 23.2 Å². The lowest BCUT2D eigenvalue weighted by Crippen LogP contribution is -2.36. The fourth-order valence-electron chi connectivity index (χ4n) is 1.79. The van der Waals surface area contributed by atoms with Crippen molar-refractivity contribution in [1.82, 2.24) is 14.9 Å². The lowest BCUT2D eigenvalue weighted by atomic mass is 10.1. The van der Waals surface area contributed by atoms with E-state index in [-0.39, 0.29) is 5.28 Å². The molecule has 0 atom stereocenters. The maximum absolute atomic E-state index is 5.99. The monoisotopic (exact) mass is 260 g/mol. The molecule has 16 heavy (non-hydrogen) atoms. The first-order chi connectivity index (χ1) is 7.65. The van der Waals surface area contributed by atoms with E-state index in [1.165, 1.54) is 6.20 Å². The van der Waals surface area contributed by atoms with Crippen molar-refractivity contribution in [3.05, 3.63) is 16.5 Å². The largest absolute Gasteiger partial charge is 0.366 e. The van der Waals surface area contributed by atoms with E-state index in [1.807, 2.05) is 0 Å². The normalized spacial score (nSPS) is 18.7. The number of hydrogen-bond donors (Lipinski definition) is 1. The molecule has 0 unspecified atom stereocenters. The molecule has 4 nitrogen and oxygen atoms in total. The quantitative estimate of drug-likeness (QED) is 0.829. The van der Waals surface area contributed by atoms with Crippen molar-refractivity contribution < 1.29 is 0 Å². The first kappa shape index (κ1) is 11.9. The third kappa shape index (κ3) is 2.97. The summed E-state index contributed by atoms with van der Waals surface area (Å²) in [6.07, 6.45) is 3.71. The summed E-state index contributed by atoms with van der Waals surface area (Å²) in [5, 5.41) is 4.06. The van der Waals surface area contributed by atoms with E-state index < -0.39 is 0 Å². The van der Waals surface area contributed by atoms with Crippen LogP contribution in [0.4, 0.5) is 5.82 Å². The summed E-state index contributed by atoms with van der Waals surface area (Å²) in [7, 11) is 2.13. The van der Waals surface area contributed by atoms with E-state index >= 15 is 0 Å². The van der Waals surface area contributed by atoms with Crippen LogP contribution in [-0.4, -0.2) is 41.0 Å². The van der Waals surface area contributed by atoms with Gasteiger partial charge in [-0.25, -0.2) is 4.98 Å². The molecule has 1 aliphatic rings. The van der Waals surface area contributed by atoms with Crippen molar-refractivity contribution >= 4 is 29.0 Å². The standard InChI is InChI=1S/C10H14Cl2N4/c1-16-4-2-7(3-5-16)14-9-8(11)6-13-10(12)15-9/h6-7H,2-5H2,1H3,(H,13,14,15). The Hall–Kier alpha value is -0.580. The van der Waals surface area contributed by atoms with E-state index in [0.29, 0.717) is 16.9 Å². The van der Waals surface area contributed by atoms with Gasteiger partial charge < -0.3 is 10.2 Å². The van der Waals surface area contributed by atoms with Crippen LogP contribution in [0, 0.1) is 0 Å². The third-order valence-corrected chi connectivity index (χ3v) is 3.23. The van der Waals surface area contributed by atoms with Crippen LogP contribution in [0.2, 0.25) is 10.3 Å². The molecule has 6 heteroatoms. The molecule has 0 aromatic carbocycles. The van der Waals surface area contributed by atoms with E-state index in [9.17, 15) is 0 Å². The fraction of sp³-hybridized carbons (Fsp3) is 0.600. The van der Waals surface area contributed by atoms with Crippen LogP contribution in [0.3, 0.4) is 0 Å². The fourth-order valence-corrected chi connectivity index (χ4v) is 2.07. The topological polar surface area (TPSA) is 41.0 Å². The molecular weight excluding hydrogens is 247 g/mol. The Labute approximate surface area is 105 Å². The van der Waals surface area contributed by atoms with Crippen molar-refractivity contribution in [2.24, 2.45) is 0 Å². The van der Waals surface area contributed by atoms with Crippen molar-refractivity contribution in [3.8, 4) is 0 Å². The van der Waals surface area contributed by atoms with Crippen LogP contribution < -0.4 is 5.32 Å². The van der Waals surface area contributed by atoms with Crippen LogP contribution in [0.25, 0.3) is 0 Å². The van der Waals surface area contributed by atoms with Gasteiger partial charge in [-0.2, -0.15) is 4.98 Å². The molecule has 0 spiro atoms. The Morgan fingerprint density at radius 2 is 2.06 bits per heavy atom. The van der Waals surface area contributed by atoms with Crippen LogP contribution in [-0.2, 0) is 0 Å². The first-order valence-corrected chi connectivity index (χ1v) is 6.04. The highest BCUT2D eigenvalue weighted by Crippen LogP contribution is 2.22. The van der Waals surface area contributed by atoms with Gasteiger partial charge in [-0.1, -0.05) is 11.6 Å². The minimum atomic E-state index is 0.222. The van der Waals surface area contributed by atoms with Gasteiger partial charge in [-0.15, -0.1) is 0 Å². The van der Waals surface area contributed by atoms with Crippen LogP contribution in [0.5, 0.6) is 0 Å². The minimum absolute atomic E-state index is 0.222. The summed E-state index contributed by atoms with van der Waals surface area (Å²) in [6.45, 7) is 2.18. The van der Waals surface area contributed by atoms with Gasteiger partial charge in [0.2, 0.25) is 5.28 Å². The number of likely N-dealkylation sites (tertiary alicyclic amines) is 1. The predicted octanol–water partition coefficient (Wildman–Crippen LogP) is 2.29. The van der Waals surface area contributed by atoms with Crippen LogP contribution >= 0.6 is 23.2 Å². The van der Waals surface area contributed by atoms with Crippen molar-refractivity contribution in [2.75, 3.05) is 25.5 Å². The molecular formula is C10H14Cl2N4. The average molecular weight is 261 g/mol. The Balaban J connectivity index is 2.00. The maximum atomic E-state index is 5.99. The SMILES string of the molecule is CN1CCC(Nc2nc(Cl)ncc2Cl)CC1. The second-order valence-electron chi connectivity index (χ2n) is 4.06. The molecule has 1 aliphatic heterocycles. The smallest absolute Gasteiger partial charge is 0.224 e. The highest BCUT2D eigenvalue weighted by molar-refractivity contribution is 6.33. The van der Waals surface area contributed by atoms with Crippen molar-refractivity contribution in [1.29, 1.82) is 0 Å². The van der Waals surface area contributed by atoms with Gasteiger partial charge in [0, 0.05) is 6.04 Å². The lowest BCUT2D eigenvalue weighted by Gasteiger charge is -2.29. The van der Waals surface area contributed by atoms with Gasteiger partial charge in [-0.3, -0.25) is 0 Å². The first-order valence-electron chi connectivity index (χ1n) is 5.28. The Morgan fingerprint density at radius 3 is 2.75 bits per heavy atom. The van der Waals surface area contributed by atoms with Gasteiger partial charge in [0.25, 0.3) is 0 Å². The summed E-state index contributed by atoms with van der Waals surface area (Å²) in [4.78, 5) is 10.2. The highest BCUT2D eigenvalue weighted by atomic mass is 35.5. The van der Waals surface area contributed by atoms with Crippen LogP contribution in [0.1, 0.15) is 12.8 Å². The van der Waals surface area contributed by atoms with Gasteiger partial charge in [-0.05, 0) is 44.6 Å². The zero-order chi connectivity index (χ0) is 11.5. The number of rotatable bonds is 2. The predicted molar refractivity (Wildman–Crippen MR) is 66.2 cm³/mol. The summed E-state index contributed by atoms with van der Waals surface area (Å²) in [5.41, 5.74) is 0. The Bertz CT molecular complexity index is 364. The molecule has 1 N–H and O–H groups in total. The molecule has 88 valence electrons. The molecule has 0 bridgehead atoms.